The van der Waals surface area contributed by atoms with E-state index in [1.165, 1.54) is 37.7 Å². The molecule has 0 bridgehead atoms. The number of nitrogens with two attached hydrogens (primary N) is 1. The average molecular weight is 275 g/mol. The molecule has 2 rings (SSSR count). The Morgan fingerprint density at radius 2 is 2.10 bits per heavy atom. The Hall–Kier alpha value is -1.55. The first-order valence-corrected chi connectivity index (χ1v) is 7.55. The molecule has 0 aliphatic heterocycles. The molecule has 0 heterocycles. The summed E-state index contributed by atoms with van der Waals surface area (Å²) in [6, 6.07) is 8.67. The van der Waals surface area contributed by atoms with E-state index in [2.05, 4.69) is 23.0 Å². The first-order valence-electron chi connectivity index (χ1n) is 7.55. The Morgan fingerprint density at radius 1 is 1.35 bits per heavy atom. The molecular weight excluding hydrogens is 250 g/mol. The van der Waals surface area contributed by atoms with Crippen LogP contribution >= 0.6 is 0 Å². The minimum atomic E-state index is 0.174. The van der Waals surface area contributed by atoms with Gasteiger partial charge in [-0.05, 0) is 31.0 Å². The Kier molecular flexibility index (Phi) is 5.41. The normalized spacial score (nSPS) is 17.6. The van der Waals surface area contributed by atoms with E-state index in [1.807, 2.05) is 18.2 Å². The summed E-state index contributed by atoms with van der Waals surface area (Å²) >= 11 is 0. The van der Waals surface area contributed by atoms with E-state index in [0.717, 1.165) is 18.7 Å². The highest BCUT2D eigenvalue weighted by atomic mass is 16.4. The molecule has 1 fully saturated rings. The standard InChI is InChI=1S/C16H25N3O/c1-2-19(15-9-4-3-5-10-15)12-13-7-6-8-14(11-13)16(17)18-20/h6-8,11,15,20H,2-5,9-10,12H2,1H3,(H2,17,18). The molecule has 3 N–H and O–H groups in total. The van der Waals surface area contributed by atoms with Gasteiger partial charge >= 0.3 is 0 Å². The monoisotopic (exact) mass is 275 g/mol. The number of amidine groups is 1. The molecule has 1 aromatic carbocycles. The third-order valence-corrected chi connectivity index (χ3v) is 4.21. The molecule has 0 amide bonds. The molecule has 1 saturated carbocycles. The first-order chi connectivity index (χ1) is 9.74. The van der Waals surface area contributed by atoms with Gasteiger partial charge in [-0.1, -0.05) is 49.5 Å². The van der Waals surface area contributed by atoms with Gasteiger partial charge in [0.1, 0.15) is 0 Å². The molecule has 1 aliphatic carbocycles. The molecule has 0 spiro atoms. The smallest absolute Gasteiger partial charge is 0.170 e. The topological polar surface area (TPSA) is 61.8 Å². The number of benzene rings is 1. The Morgan fingerprint density at radius 3 is 2.75 bits per heavy atom. The summed E-state index contributed by atoms with van der Waals surface area (Å²) in [6.07, 6.45) is 6.71. The van der Waals surface area contributed by atoms with Crippen molar-refractivity contribution >= 4 is 5.84 Å². The maximum Gasteiger partial charge on any atom is 0.170 e. The van der Waals surface area contributed by atoms with Crippen LogP contribution in [-0.2, 0) is 6.54 Å². The van der Waals surface area contributed by atoms with Crippen LogP contribution in [0.5, 0.6) is 0 Å². The van der Waals surface area contributed by atoms with Crippen molar-refractivity contribution in [3.8, 4) is 0 Å². The van der Waals surface area contributed by atoms with Crippen LogP contribution in [0.25, 0.3) is 0 Å². The summed E-state index contributed by atoms with van der Waals surface area (Å²) in [4.78, 5) is 2.55. The van der Waals surface area contributed by atoms with Gasteiger partial charge in [-0.3, -0.25) is 4.90 Å². The minimum Gasteiger partial charge on any atom is -0.409 e. The molecule has 1 aliphatic rings. The fourth-order valence-electron chi connectivity index (χ4n) is 3.07. The lowest BCUT2D eigenvalue weighted by atomic mass is 9.94. The van der Waals surface area contributed by atoms with Gasteiger partial charge in [0.2, 0.25) is 0 Å². The fourth-order valence-corrected chi connectivity index (χ4v) is 3.07. The van der Waals surface area contributed by atoms with Crippen molar-refractivity contribution in [2.45, 2.75) is 51.6 Å². The molecule has 0 saturated heterocycles. The lowest BCUT2D eigenvalue weighted by molar-refractivity contribution is 0.156. The van der Waals surface area contributed by atoms with Crippen molar-refractivity contribution in [1.29, 1.82) is 0 Å². The molecule has 4 heteroatoms. The summed E-state index contributed by atoms with van der Waals surface area (Å²) in [5, 5.41) is 11.8. The third-order valence-electron chi connectivity index (χ3n) is 4.21. The molecular formula is C16H25N3O. The maximum atomic E-state index is 8.76. The summed E-state index contributed by atoms with van der Waals surface area (Å²) in [6.45, 7) is 4.23. The van der Waals surface area contributed by atoms with Gasteiger partial charge in [0.15, 0.2) is 5.84 Å². The molecule has 20 heavy (non-hydrogen) atoms. The van der Waals surface area contributed by atoms with Gasteiger partial charge in [0, 0.05) is 18.2 Å². The average Bonchev–Trinajstić information content (AvgIpc) is 2.53. The predicted octanol–water partition coefficient (Wildman–Crippen LogP) is 2.94. The number of nitrogens with zero attached hydrogens (tertiary/aromatic N) is 2. The largest absolute Gasteiger partial charge is 0.409 e. The van der Waals surface area contributed by atoms with Crippen LogP contribution in [0.1, 0.15) is 50.2 Å². The molecule has 110 valence electrons. The third kappa shape index (κ3) is 3.73. The van der Waals surface area contributed by atoms with Crippen LogP contribution < -0.4 is 5.73 Å². The Balaban J connectivity index is 2.07. The van der Waals surface area contributed by atoms with Crippen LogP contribution in [0.15, 0.2) is 29.4 Å². The van der Waals surface area contributed by atoms with Gasteiger partial charge in [0.25, 0.3) is 0 Å². The van der Waals surface area contributed by atoms with Crippen LogP contribution in [0.2, 0.25) is 0 Å². The zero-order valence-electron chi connectivity index (χ0n) is 12.3. The number of hydrogen-bond acceptors (Lipinski definition) is 3. The highest BCUT2D eigenvalue weighted by Crippen LogP contribution is 2.24. The van der Waals surface area contributed by atoms with Crippen molar-refractivity contribution < 1.29 is 5.21 Å². The highest BCUT2D eigenvalue weighted by Gasteiger charge is 2.19. The lowest BCUT2D eigenvalue weighted by Crippen LogP contribution is -2.36. The Labute approximate surface area is 121 Å². The number of rotatable bonds is 5. The van der Waals surface area contributed by atoms with E-state index in [0.29, 0.717) is 6.04 Å². The summed E-state index contributed by atoms with van der Waals surface area (Å²) in [7, 11) is 0. The van der Waals surface area contributed by atoms with Crippen molar-refractivity contribution in [1.82, 2.24) is 4.90 Å². The van der Waals surface area contributed by atoms with Gasteiger partial charge in [-0.25, -0.2) is 0 Å². The predicted molar refractivity (Wildman–Crippen MR) is 81.9 cm³/mol. The van der Waals surface area contributed by atoms with Crippen LogP contribution in [-0.4, -0.2) is 28.5 Å². The molecule has 1 aromatic rings. The zero-order chi connectivity index (χ0) is 14.4. The van der Waals surface area contributed by atoms with E-state index in [-0.39, 0.29) is 5.84 Å². The van der Waals surface area contributed by atoms with E-state index >= 15 is 0 Å². The van der Waals surface area contributed by atoms with E-state index < -0.39 is 0 Å². The maximum absolute atomic E-state index is 8.76. The molecule has 4 nitrogen and oxygen atoms in total. The summed E-state index contributed by atoms with van der Waals surface area (Å²) < 4.78 is 0. The van der Waals surface area contributed by atoms with Gasteiger partial charge < -0.3 is 10.9 Å². The SMILES string of the molecule is CCN(Cc1cccc(/C(N)=N/O)c1)C1CCCCC1. The minimum absolute atomic E-state index is 0.174. The number of oxime groups is 1. The van der Waals surface area contributed by atoms with E-state index in [9.17, 15) is 0 Å². The molecule has 0 atom stereocenters. The van der Waals surface area contributed by atoms with Crippen LogP contribution in [0, 0.1) is 0 Å². The van der Waals surface area contributed by atoms with Crippen molar-refractivity contribution in [3.05, 3.63) is 35.4 Å². The van der Waals surface area contributed by atoms with Crippen LogP contribution in [0.3, 0.4) is 0 Å². The van der Waals surface area contributed by atoms with Gasteiger partial charge in [-0.2, -0.15) is 0 Å². The lowest BCUT2D eigenvalue weighted by Gasteiger charge is -2.33. The molecule has 0 radical (unpaired) electrons. The molecule has 0 aromatic heterocycles. The Bertz CT molecular complexity index is 453. The second-order valence-corrected chi connectivity index (χ2v) is 5.54. The number of hydrogen-bond donors (Lipinski definition) is 2. The van der Waals surface area contributed by atoms with Crippen molar-refractivity contribution in [3.63, 3.8) is 0 Å². The van der Waals surface area contributed by atoms with Crippen molar-refractivity contribution in [2.75, 3.05) is 6.54 Å². The highest BCUT2D eigenvalue weighted by molar-refractivity contribution is 5.97. The van der Waals surface area contributed by atoms with Crippen LogP contribution in [0.4, 0.5) is 0 Å². The van der Waals surface area contributed by atoms with Gasteiger partial charge in [0.05, 0.1) is 0 Å². The van der Waals surface area contributed by atoms with Crippen molar-refractivity contribution in [2.24, 2.45) is 10.9 Å². The fraction of sp³-hybridized carbons (Fsp3) is 0.562. The quantitative estimate of drug-likeness (QED) is 0.376. The van der Waals surface area contributed by atoms with E-state index in [4.69, 9.17) is 10.9 Å². The second kappa shape index (κ2) is 7.29. The van der Waals surface area contributed by atoms with Gasteiger partial charge in [-0.15, -0.1) is 0 Å². The van der Waals surface area contributed by atoms with E-state index in [1.54, 1.807) is 0 Å². The molecule has 0 unspecified atom stereocenters. The summed E-state index contributed by atoms with van der Waals surface area (Å²) in [5.41, 5.74) is 7.66. The summed E-state index contributed by atoms with van der Waals surface area (Å²) in [5.74, 6) is 0.174. The zero-order valence-corrected chi connectivity index (χ0v) is 12.3. The first kappa shape index (κ1) is 14.9. The second-order valence-electron chi connectivity index (χ2n) is 5.54.